The minimum atomic E-state index is -0.888. The second-order valence-corrected chi connectivity index (χ2v) is 3.65. The fraction of sp³-hybridized carbons (Fsp3) is 0.300. The molecule has 0 aliphatic heterocycles. The van der Waals surface area contributed by atoms with Gasteiger partial charge in [-0.15, -0.1) is 0 Å². The molecule has 0 amide bonds. The van der Waals surface area contributed by atoms with E-state index in [0.717, 1.165) is 12.1 Å². The van der Waals surface area contributed by atoms with Crippen LogP contribution in [0.5, 0.6) is 0 Å². The Morgan fingerprint density at radius 1 is 1.40 bits per heavy atom. The molecule has 5 heteroatoms. The summed E-state index contributed by atoms with van der Waals surface area (Å²) in [5, 5.41) is 0. The van der Waals surface area contributed by atoms with Crippen molar-refractivity contribution in [2.24, 2.45) is 5.73 Å². The van der Waals surface area contributed by atoms with Crippen molar-refractivity contribution in [2.75, 3.05) is 0 Å². The molecule has 2 aromatic rings. The van der Waals surface area contributed by atoms with Crippen LogP contribution in [0.15, 0.2) is 12.1 Å². The lowest BCUT2D eigenvalue weighted by molar-refractivity contribution is 0.510. The molecule has 1 heterocycles. The van der Waals surface area contributed by atoms with Gasteiger partial charge in [-0.25, -0.2) is 13.8 Å². The molecule has 0 saturated heterocycles. The summed E-state index contributed by atoms with van der Waals surface area (Å²) in [4.78, 5) is 7.01. The normalized spacial score (nSPS) is 13.3. The van der Waals surface area contributed by atoms with Crippen LogP contribution in [0.1, 0.15) is 12.7 Å². The third-order valence-corrected chi connectivity index (χ3v) is 2.09. The van der Waals surface area contributed by atoms with Gasteiger partial charge in [-0.3, -0.25) is 0 Å². The van der Waals surface area contributed by atoms with Gasteiger partial charge in [-0.05, 0) is 6.92 Å². The minimum Gasteiger partial charge on any atom is -0.342 e. The van der Waals surface area contributed by atoms with Crippen molar-refractivity contribution in [2.45, 2.75) is 19.4 Å². The first kappa shape index (κ1) is 10.0. The molecule has 15 heavy (non-hydrogen) atoms. The van der Waals surface area contributed by atoms with Crippen molar-refractivity contribution in [1.82, 2.24) is 9.97 Å². The number of nitrogens with one attached hydrogen (secondary N) is 1. The average Bonchev–Trinajstić information content (AvgIpc) is 2.46. The number of halogens is 2. The molecule has 80 valence electrons. The van der Waals surface area contributed by atoms with Gasteiger partial charge in [0.1, 0.15) is 5.82 Å². The van der Waals surface area contributed by atoms with Gasteiger partial charge in [0.2, 0.25) is 0 Å². The Labute approximate surface area is 85.3 Å². The van der Waals surface area contributed by atoms with Crippen LogP contribution in [0.3, 0.4) is 0 Å². The molecule has 0 saturated carbocycles. The largest absolute Gasteiger partial charge is 0.342 e. The van der Waals surface area contributed by atoms with Crippen LogP contribution in [-0.2, 0) is 6.42 Å². The van der Waals surface area contributed by atoms with E-state index in [9.17, 15) is 8.78 Å². The van der Waals surface area contributed by atoms with Gasteiger partial charge in [0.05, 0.1) is 11.0 Å². The Bertz CT molecular complexity index is 452. The maximum atomic E-state index is 12.9. The van der Waals surface area contributed by atoms with Crippen LogP contribution in [0.4, 0.5) is 8.78 Å². The monoisotopic (exact) mass is 211 g/mol. The Hall–Kier alpha value is -1.49. The van der Waals surface area contributed by atoms with Gasteiger partial charge < -0.3 is 10.7 Å². The average molecular weight is 211 g/mol. The van der Waals surface area contributed by atoms with Gasteiger partial charge in [-0.2, -0.15) is 0 Å². The SMILES string of the molecule is CC(N)Cc1nc2cc(F)c(F)cc2[nH]1. The number of aromatic nitrogens is 2. The number of imidazole rings is 1. The Kier molecular flexibility index (Phi) is 2.40. The highest BCUT2D eigenvalue weighted by molar-refractivity contribution is 5.75. The summed E-state index contributed by atoms with van der Waals surface area (Å²) < 4.78 is 25.7. The minimum absolute atomic E-state index is 0.0414. The first-order valence-electron chi connectivity index (χ1n) is 4.65. The highest BCUT2D eigenvalue weighted by atomic mass is 19.2. The zero-order valence-corrected chi connectivity index (χ0v) is 8.22. The van der Waals surface area contributed by atoms with Crippen molar-refractivity contribution in [3.8, 4) is 0 Å². The maximum absolute atomic E-state index is 12.9. The van der Waals surface area contributed by atoms with Gasteiger partial charge in [0.15, 0.2) is 11.6 Å². The molecule has 0 aliphatic carbocycles. The number of nitrogens with two attached hydrogens (primary N) is 1. The first-order chi connectivity index (χ1) is 7.06. The lowest BCUT2D eigenvalue weighted by atomic mass is 10.2. The summed E-state index contributed by atoms with van der Waals surface area (Å²) in [7, 11) is 0. The number of rotatable bonds is 2. The first-order valence-corrected chi connectivity index (χ1v) is 4.65. The molecule has 0 aliphatic rings. The topological polar surface area (TPSA) is 54.7 Å². The van der Waals surface area contributed by atoms with E-state index in [1.54, 1.807) is 0 Å². The molecule has 0 radical (unpaired) electrons. The van der Waals surface area contributed by atoms with Gasteiger partial charge in [0.25, 0.3) is 0 Å². The number of fused-ring (bicyclic) bond motifs is 1. The predicted octanol–water partition coefficient (Wildman–Crippen LogP) is 1.73. The summed E-state index contributed by atoms with van der Waals surface area (Å²) in [6.07, 6.45) is 0.553. The zero-order valence-electron chi connectivity index (χ0n) is 8.22. The number of hydrogen-bond acceptors (Lipinski definition) is 2. The standard InChI is InChI=1S/C10H11F2N3/c1-5(13)2-10-14-8-3-6(11)7(12)4-9(8)15-10/h3-5H,2,13H2,1H3,(H,14,15). The predicted molar refractivity (Wildman–Crippen MR) is 53.4 cm³/mol. The van der Waals surface area contributed by atoms with Crippen molar-refractivity contribution >= 4 is 11.0 Å². The third kappa shape index (κ3) is 1.97. The Morgan fingerprint density at radius 2 is 2.07 bits per heavy atom. The highest BCUT2D eigenvalue weighted by Crippen LogP contribution is 2.16. The fourth-order valence-electron chi connectivity index (χ4n) is 1.46. The molecule has 3 nitrogen and oxygen atoms in total. The molecule has 3 N–H and O–H groups in total. The molecule has 1 atom stereocenters. The number of hydrogen-bond donors (Lipinski definition) is 2. The summed E-state index contributed by atoms with van der Waals surface area (Å²) in [6.45, 7) is 1.84. The second kappa shape index (κ2) is 3.58. The van der Waals surface area contributed by atoms with Crippen molar-refractivity contribution in [3.05, 3.63) is 29.6 Å². The van der Waals surface area contributed by atoms with Crippen molar-refractivity contribution < 1.29 is 8.78 Å². The Morgan fingerprint density at radius 3 is 2.73 bits per heavy atom. The third-order valence-electron chi connectivity index (χ3n) is 2.09. The smallest absolute Gasteiger partial charge is 0.161 e. The van der Waals surface area contributed by atoms with Gasteiger partial charge in [0, 0.05) is 24.6 Å². The van der Waals surface area contributed by atoms with E-state index in [4.69, 9.17) is 5.73 Å². The van der Waals surface area contributed by atoms with Crippen molar-refractivity contribution in [1.29, 1.82) is 0 Å². The van der Waals surface area contributed by atoms with Crippen LogP contribution in [0.25, 0.3) is 11.0 Å². The molecule has 0 bridgehead atoms. The van der Waals surface area contributed by atoms with E-state index in [2.05, 4.69) is 9.97 Å². The van der Waals surface area contributed by atoms with E-state index >= 15 is 0 Å². The van der Waals surface area contributed by atoms with E-state index in [1.807, 2.05) is 6.92 Å². The van der Waals surface area contributed by atoms with Gasteiger partial charge >= 0.3 is 0 Å². The van der Waals surface area contributed by atoms with E-state index < -0.39 is 11.6 Å². The van der Waals surface area contributed by atoms with E-state index in [0.29, 0.717) is 23.3 Å². The van der Waals surface area contributed by atoms with E-state index in [-0.39, 0.29) is 6.04 Å². The summed E-state index contributed by atoms with van der Waals surface area (Å²) >= 11 is 0. The maximum Gasteiger partial charge on any atom is 0.161 e. The lowest BCUT2D eigenvalue weighted by Gasteiger charge is -1.98. The highest BCUT2D eigenvalue weighted by Gasteiger charge is 2.09. The van der Waals surface area contributed by atoms with Crippen molar-refractivity contribution in [3.63, 3.8) is 0 Å². The van der Waals surface area contributed by atoms with Crippen LogP contribution in [0.2, 0.25) is 0 Å². The summed E-state index contributed by atoms with van der Waals surface area (Å²) in [6, 6.07) is 2.13. The van der Waals surface area contributed by atoms with Crippen LogP contribution < -0.4 is 5.73 Å². The molecule has 1 unspecified atom stereocenters. The van der Waals surface area contributed by atoms with Gasteiger partial charge in [-0.1, -0.05) is 0 Å². The van der Waals surface area contributed by atoms with Crippen LogP contribution in [-0.4, -0.2) is 16.0 Å². The zero-order chi connectivity index (χ0) is 11.0. The summed E-state index contributed by atoms with van der Waals surface area (Å²) in [5.74, 6) is -1.12. The summed E-state index contributed by atoms with van der Waals surface area (Å²) in [5.41, 5.74) is 6.51. The number of benzene rings is 1. The fourth-order valence-corrected chi connectivity index (χ4v) is 1.46. The molecule has 1 aromatic carbocycles. The number of H-pyrrole nitrogens is 1. The number of nitrogens with zero attached hydrogens (tertiary/aromatic N) is 1. The molecule has 0 fully saturated rings. The Balaban J connectivity index is 2.47. The quantitative estimate of drug-likeness (QED) is 0.794. The lowest BCUT2D eigenvalue weighted by Crippen LogP contribution is -2.18. The molecular weight excluding hydrogens is 200 g/mol. The molecule has 1 aromatic heterocycles. The number of aromatic amines is 1. The van der Waals surface area contributed by atoms with Crippen LogP contribution >= 0.6 is 0 Å². The molecule has 2 rings (SSSR count). The van der Waals surface area contributed by atoms with Crippen LogP contribution in [0, 0.1) is 11.6 Å². The second-order valence-electron chi connectivity index (χ2n) is 3.65. The molecular formula is C10H11F2N3. The molecule has 0 spiro atoms. The van der Waals surface area contributed by atoms with E-state index in [1.165, 1.54) is 0 Å².